The van der Waals surface area contributed by atoms with Gasteiger partial charge in [0.05, 0.1) is 12.2 Å². The summed E-state index contributed by atoms with van der Waals surface area (Å²) in [6.45, 7) is 1.33. The van der Waals surface area contributed by atoms with E-state index in [0.29, 0.717) is 22.4 Å². The standard InChI is InChI=1S/C20H24N4O4S/c1-12-9-14(29-3)6-7-16(12)22-19-17(20(27)23-28-11-13(26)10-25)15-5-4-8-21-18(15)24(19)2/h4-9,13,22,25-26H,10-11H2,1-3H3,(H,23,27). The number of carbonyl (C=O) groups is 1. The van der Waals surface area contributed by atoms with E-state index >= 15 is 0 Å². The molecule has 3 rings (SSSR count). The van der Waals surface area contributed by atoms with Gasteiger partial charge in [0.2, 0.25) is 0 Å². The summed E-state index contributed by atoms with van der Waals surface area (Å²) < 4.78 is 1.81. The first kappa shape index (κ1) is 21.1. The van der Waals surface area contributed by atoms with Crippen molar-refractivity contribution in [1.29, 1.82) is 0 Å². The number of thioether (sulfide) groups is 1. The minimum absolute atomic E-state index is 0.219. The third-order valence-electron chi connectivity index (χ3n) is 4.51. The van der Waals surface area contributed by atoms with Gasteiger partial charge in [0.25, 0.3) is 5.91 Å². The molecule has 1 unspecified atom stereocenters. The predicted octanol–water partition coefficient (Wildman–Crippen LogP) is 2.36. The lowest BCUT2D eigenvalue weighted by Gasteiger charge is -2.14. The number of hydrogen-bond donors (Lipinski definition) is 4. The van der Waals surface area contributed by atoms with Gasteiger partial charge >= 0.3 is 0 Å². The van der Waals surface area contributed by atoms with Crippen LogP contribution in [0.1, 0.15) is 15.9 Å². The Balaban J connectivity index is 1.97. The van der Waals surface area contributed by atoms with Gasteiger partial charge in [0.1, 0.15) is 24.2 Å². The lowest BCUT2D eigenvalue weighted by Crippen LogP contribution is -2.30. The molecule has 2 heterocycles. The molecular weight excluding hydrogens is 392 g/mol. The van der Waals surface area contributed by atoms with Crippen LogP contribution in [0.4, 0.5) is 11.5 Å². The molecule has 0 aliphatic heterocycles. The van der Waals surface area contributed by atoms with Crippen LogP contribution >= 0.6 is 11.8 Å². The molecule has 4 N–H and O–H groups in total. The number of aryl methyl sites for hydroxylation is 2. The van der Waals surface area contributed by atoms with Crippen LogP contribution in [0.3, 0.4) is 0 Å². The number of amides is 1. The maximum absolute atomic E-state index is 12.9. The Morgan fingerprint density at radius 1 is 1.38 bits per heavy atom. The van der Waals surface area contributed by atoms with Gasteiger partial charge in [-0.15, -0.1) is 11.8 Å². The van der Waals surface area contributed by atoms with E-state index in [2.05, 4.69) is 21.8 Å². The Morgan fingerprint density at radius 2 is 2.17 bits per heavy atom. The van der Waals surface area contributed by atoms with Crippen LogP contribution in [0.25, 0.3) is 11.0 Å². The Labute approximate surface area is 172 Å². The molecule has 9 heteroatoms. The molecule has 0 saturated carbocycles. The van der Waals surface area contributed by atoms with Crippen LogP contribution in [0, 0.1) is 6.92 Å². The quantitative estimate of drug-likeness (QED) is 0.330. The molecule has 1 atom stereocenters. The van der Waals surface area contributed by atoms with Crippen molar-refractivity contribution in [2.45, 2.75) is 17.9 Å². The Hall–Kier alpha value is -2.59. The van der Waals surface area contributed by atoms with E-state index in [1.807, 2.05) is 43.0 Å². The van der Waals surface area contributed by atoms with E-state index in [9.17, 15) is 9.90 Å². The van der Waals surface area contributed by atoms with Gasteiger partial charge < -0.3 is 20.1 Å². The van der Waals surface area contributed by atoms with Crippen LogP contribution in [-0.2, 0) is 11.9 Å². The monoisotopic (exact) mass is 416 g/mol. The summed E-state index contributed by atoms with van der Waals surface area (Å²) >= 11 is 1.66. The summed E-state index contributed by atoms with van der Waals surface area (Å²) in [5, 5.41) is 22.3. The van der Waals surface area contributed by atoms with Crippen LogP contribution < -0.4 is 10.8 Å². The number of aliphatic hydroxyl groups is 2. The van der Waals surface area contributed by atoms with Gasteiger partial charge in [-0.2, -0.15) is 0 Å². The Bertz CT molecular complexity index is 1020. The van der Waals surface area contributed by atoms with Crippen LogP contribution in [0.2, 0.25) is 0 Å². The summed E-state index contributed by atoms with van der Waals surface area (Å²) in [6.07, 6.45) is 2.62. The normalized spacial score (nSPS) is 12.2. The Kier molecular flexibility index (Phi) is 6.75. The molecule has 29 heavy (non-hydrogen) atoms. The first-order valence-electron chi connectivity index (χ1n) is 9.02. The topological polar surface area (TPSA) is 109 Å². The minimum atomic E-state index is -1.07. The third-order valence-corrected chi connectivity index (χ3v) is 5.24. The molecule has 0 aliphatic carbocycles. The molecule has 0 spiro atoms. The van der Waals surface area contributed by atoms with Gasteiger partial charge in [0, 0.05) is 29.2 Å². The number of carbonyl (C=O) groups excluding carboxylic acids is 1. The fourth-order valence-electron chi connectivity index (χ4n) is 2.97. The molecule has 1 aromatic carbocycles. The van der Waals surface area contributed by atoms with Crippen LogP contribution in [0.15, 0.2) is 41.4 Å². The number of aromatic nitrogens is 2. The smallest absolute Gasteiger partial charge is 0.279 e. The molecule has 154 valence electrons. The summed E-state index contributed by atoms with van der Waals surface area (Å²) in [7, 11) is 1.83. The first-order chi connectivity index (χ1) is 14.0. The number of anilines is 2. The Morgan fingerprint density at radius 3 is 2.86 bits per heavy atom. The van der Waals surface area contributed by atoms with Crippen LogP contribution in [0.5, 0.6) is 0 Å². The minimum Gasteiger partial charge on any atom is -0.394 e. The van der Waals surface area contributed by atoms with Crippen molar-refractivity contribution in [1.82, 2.24) is 15.0 Å². The fraction of sp³-hybridized carbons (Fsp3) is 0.300. The second-order valence-corrected chi connectivity index (χ2v) is 7.42. The average Bonchev–Trinajstić information content (AvgIpc) is 3.01. The summed E-state index contributed by atoms with van der Waals surface area (Å²) in [6, 6.07) is 9.64. The van der Waals surface area contributed by atoms with Crippen molar-refractivity contribution in [3.63, 3.8) is 0 Å². The second-order valence-electron chi connectivity index (χ2n) is 6.54. The zero-order chi connectivity index (χ0) is 21.0. The number of pyridine rings is 1. The van der Waals surface area contributed by atoms with Crippen molar-refractivity contribution in [3.8, 4) is 0 Å². The van der Waals surface area contributed by atoms with Crippen molar-refractivity contribution in [3.05, 3.63) is 47.7 Å². The summed E-state index contributed by atoms with van der Waals surface area (Å²) in [4.78, 5) is 23.5. The van der Waals surface area contributed by atoms with Crippen molar-refractivity contribution >= 4 is 40.2 Å². The average molecular weight is 417 g/mol. The summed E-state index contributed by atoms with van der Waals surface area (Å²) in [5.74, 6) is 0.0946. The number of fused-ring (bicyclic) bond motifs is 1. The molecule has 8 nitrogen and oxygen atoms in total. The SMILES string of the molecule is CSc1ccc(Nc2c(C(=O)NOCC(O)CO)c3cccnc3n2C)c(C)c1. The van der Waals surface area contributed by atoms with Crippen molar-refractivity contribution in [2.75, 3.05) is 24.8 Å². The highest BCUT2D eigenvalue weighted by atomic mass is 32.2. The molecule has 0 bridgehead atoms. The number of benzene rings is 1. The molecule has 1 amide bonds. The number of hydrogen-bond acceptors (Lipinski definition) is 7. The number of rotatable bonds is 8. The van der Waals surface area contributed by atoms with Gasteiger partial charge in [-0.25, -0.2) is 10.5 Å². The van der Waals surface area contributed by atoms with Crippen molar-refractivity contribution < 1.29 is 19.8 Å². The van der Waals surface area contributed by atoms with E-state index in [4.69, 9.17) is 9.94 Å². The number of hydroxylamine groups is 1. The van der Waals surface area contributed by atoms with E-state index in [0.717, 1.165) is 16.1 Å². The highest BCUT2D eigenvalue weighted by molar-refractivity contribution is 7.98. The molecule has 0 radical (unpaired) electrons. The molecule has 0 fully saturated rings. The molecular formula is C20H24N4O4S. The summed E-state index contributed by atoms with van der Waals surface area (Å²) in [5.41, 5.74) is 5.28. The predicted molar refractivity (Wildman–Crippen MR) is 113 cm³/mol. The van der Waals surface area contributed by atoms with Gasteiger partial charge in [-0.1, -0.05) is 0 Å². The first-order valence-corrected chi connectivity index (χ1v) is 10.2. The largest absolute Gasteiger partial charge is 0.394 e. The van der Waals surface area contributed by atoms with Crippen molar-refractivity contribution in [2.24, 2.45) is 7.05 Å². The van der Waals surface area contributed by atoms with E-state index in [-0.39, 0.29) is 6.61 Å². The highest BCUT2D eigenvalue weighted by Crippen LogP contribution is 2.32. The highest BCUT2D eigenvalue weighted by Gasteiger charge is 2.23. The zero-order valence-corrected chi connectivity index (χ0v) is 17.3. The lowest BCUT2D eigenvalue weighted by molar-refractivity contribution is -0.0294. The van der Waals surface area contributed by atoms with E-state index in [1.54, 1.807) is 24.0 Å². The molecule has 3 aromatic rings. The maximum Gasteiger partial charge on any atom is 0.279 e. The van der Waals surface area contributed by atoms with Gasteiger partial charge in [-0.05, 0) is 49.1 Å². The lowest BCUT2D eigenvalue weighted by atomic mass is 10.1. The fourth-order valence-corrected chi connectivity index (χ4v) is 3.47. The molecule has 0 saturated heterocycles. The van der Waals surface area contributed by atoms with Crippen LogP contribution in [-0.4, -0.2) is 51.2 Å². The molecule has 0 aliphatic rings. The van der Waals surface area contributed by atoms with E-state index < -0.39 is 18.6 Å². The third kappa shape index (κ3) is 4.54. The number of nitrogens with zero attached hydrogens (tertiary/aromatic N) is 2. The number of nitrogens with one attached hydrogen (secondary N) is 2. The maximum atomic E-state index is 12.9. The van der Waals surface area contributed by atoms with Gasteiger partial charge in [0.15, 0.2) is 0 Å². The van der Waals surface area contributed by atoms with Gasteiger partial charge in [-0.3, -0.25) is 9.63 Å². The molecule has 2 aromatic heterocycles. The van der Waals surface area contributed by atoms with E-state index in [1.165, 1.54) is 0 Å². The number of aliphatic hydroxyl groups excluding tert-OH is 2. The zero-order valence-electron chi connectivity index (χ0n) is 16.5. The second kappa shape index (κ2) is 9.27.